The molecule has 0 bridgehead atoms. The summed E-state index contributed by atoms with van der Waals surface area (Å²) >= 11 is 0. The Bertz CT molecular complexity index is 1660. The minimum Gasteiger partial charge on any atom is -0.473 e. The SMILES string of the molecule is CC(=O)c1ccc(COc2cccc(C3=CCN(Cc4nc5ccc(OC=O)nc5n4C[C@@H]4CCO4)CC3)n2)c(F)c1. The van der Waals surface area contributed by atoms with Crippen LogP contribution in [0.5, 0.6) is 11.8 Å². The molecule has 5 heterocycles. The maximum Gasteiger partial charge on any atom is 0.299 e. The van der Waals surface area contributed by atoms with Gasteiger partial charge in [0.1, 0.15) is 23.8 Å². The zero-order valence-corrected chi connectivity index (χ0v) is 23.2. The molecule has 0 aliphatic carbocycles. The van der Waals surface area contributed by atoms with Gasteiger partial charge in [0, 0.05) is 43.0 Å². The van der Waals surface area contributed by atoms with E-state index in [4.69, 9.17) is 19.2 Å². The summed E-state index contributed by atoms with van der Waals surface area (Å²) in [5, 5.41) is 0. The van der Waals surface area contributed by atoms with Crippen LogP contribution in [0, 0.1) is 5.82 Å². The second kappa shape index (κ2) is 12.2. The van der Waals surface area contributed by atoms with Crippen LogP contribution in [0.25, 0.3) is 16.7 Å². The number of hydrogen-bond acceptors (Lipinski definition) is 9. The van der Waals surface area contributed by atoms with Crippen LogP contribution in [-0.2, 0) is 29.2 Å². The Balaban J connectivity index is 1.13. The van der Waals surface area contributed by atoms with Crippen molar-refractivity contribution in [1.82, 2.24) is 24.4 Å². The van der Waals surface area contributed by atoms with Gasteiger partial charge in [0.2, 0.25) is 11.8 Å². The van der Waals surface area contributed by atoms with Crippen LogP contribution < -0.4 is 9.47 Å². The first-order valence-electron chi connectivity index (χ1n) is 13.9. The lowest BCUT2D eigenvalue weighted by atomic mass is 10.0. The van der Waals surface area contributed by atoms with E-state index in [2.05, 4.69) is 25.5 Å². The number of hydrogen-bond donors (Lipinski definition) is 0. The van der Waals surface area contributed by atoms with Gasteiger partial charge in [-0.3, -0.25) is 14.5 Å². The number of pyridine rings is 2. The van der Waals surface area contributed by atoms with Crippen LogP contribution in [0.3, 0.4) is 0 Å². The van der Waals surface area contributed by atoms with Gasteiger partial charge in [-0.1, -0.05) is 24.3 Å². The molecule has 216 valence electrons. The number of Topliss-reactive ketones (excluding diaryl/α,β-unsaturated/α-hetero) is 1. The minimum absolute atomic E-state index is 0.0117. The molecule has 1 aromatic carbocycles. The Morgan fingerprint density at radius 3 is 2.74 bits per heavy atom. The molecule has 0 N–H and O–H groups in total. The number of carbonyl (C=O) groups excluding carboxylic acids is 2. The highest BCUT2D eigenvalue weighted by atomic mass is 19.1. The number of ketones is 1. The van der Waals surface area contributed by atoms with Crippen molar-refractivity contribution < 1.29 is 28.2 Å². The van der Waals surface area contributed by atoms with Gasteiger partial charge in [-0.25, -0.2) is 14.4 Å². The molecular weight excluding hydrogens is 541 g/mol. The van der Waals surface area contributed by atoms with Crippen LogP contribution in [0.4, 0.5) is 4.39 Å². The predicted molar refractivity (Wildman–Crippen MR) is 151 cm³/mol. The highest BCUT2D eigenvalue weighted by molar-refractivity contribution is 5.94. The topological polar surface area (TPSA) is 109 Å². The zero-order valence-electron chi connectivity index (χ0n) is 23.2. The van der Waals surface area contributed by atoms with Gasteiger partial charge in [-0.2, -0.15) is 4.98 Å². The average molecular weight is 572 g/mol. The van der Waals surface area contributed by atoms with Gasteiger partial charge >= 0.3 is 0 Å². The van der Waals surface area contributed by atoms with Crippen LogP contribution in [0.15, 0.2) is 54.6 Å². The molecule has 2 aliphatic heterocycles. The maximum absolute atomic E-state index is 14.4. The quantitative estimate of drug-likeness (QED) is 0.192. The highest BCUT2D eigenvalue weighted by Gasteiger charge is 2.24. The molecule has 1 atom stereocenters. The van der Waals surface area contributed by atoms with E-state index in [-0.39, 0.29) is 24.4 Å². The lowest BCUT2D eigenvalue weighted by molar-refractivity contribution is -0.120. The molecule has 2 aliphatic rings. The average Bonchev–Trinajstić information content (AvgIpc) is 3.30. The fourth-order valence-corrected chi connectivity index (χ4v) is 5.09. The second-order valence-electron chi connectivity index (χ2n) is 10.4. The number of nitrogens with zero attached hydrogens (tertiary/aromatic N) is 5. The Morgan fingerprint density at radius 1 is 1.14 bits per heavy atom. The van der Waals surface area contributed by atoms with E-state index in [0.717, 1.165) is 48.6 Å². The van der Waals surface area contributed by atoms with Gasteiger partial charge in [0.15, 0.2) is 11.4 Å². The first-order chi connectivity index (χ1) is 20.5. The lowest BCUT2D eigenvalue weighted by Crippen LogP contribution is -2.33. The maximum atomic E-state index is 14.4. The summed E-state index contributed by atoms with van der Waals surface area (Å²) in [6.07, 6.45) is 4.05. The molecule has 0 spiro atoms. The van der Waals surface area contributed by atoms with Crippen molar-refractivity contribution in [3.63, 3.8) is 0 Å². The van der Waals surface area contributed by atoms with Crippen molar-refractivity contribution in [2.45, 2.75) is 45.6 Å². The van der Waals surface area contributed by atoms with E-state index in [9.17, 15) is 14.0 Å². The van der Waals surface area contributed by atoms with Gasteiger partial charge < -0.3 is 18.8 Å². The highest BCUT2D eigenvalue weighted by Crippen LogP contribution is 2.26. The number of aromatic nitrogens is 4. The number of imidazole rings is 1. The van der Waals surface area contributed by atoms with E-state index in [1.54, 1.807) is 24.3 Å². The molecule has 0 unspecified atom stereocenters. The normalized spacial score (nSPS) is 17.0. The van der Waals surface area contributed by atoms with Crippen LogP contribution in [-0.4, -0.2) is 62.5 Å². The fourth-order valence-electron chi connectivity index (χ4n) is 5.09. The number of fused-ring (bicyclic) bond motifs is 1. The third-order valence-electron chi connectivity index (χ3n) is 7.54. The molecule has 4 aromatic rings. The largest absolute Gasteiger partial charge is 0.473 e. The smallest absolute Gasteiger partial charge is 0.299 e. The standard InChI is InChI=1S/C31H30FN5O5/c1-20(39)22-5-6-23(25(32)15-22)18-41-29-4-2-3-26(34-29)21-9-12-36(13-10-21)17-28-33-27-7-8-30(42-19-38)35-31(27)37(28)16-24-11-14-40-24/h2-9,15,19,24H,10-14,16-18H2,1H3/t24-/m0/s1. The summed E-state index contributed by atoms with van der Waals surface area (Å²) in [7, 11) is 0. The molecule has 42 heavy (non-hydrogen) atoms. The van der Waals surface area contributed by atoms with Crippen LogP contribution in [0.2, 0.25) is 0 Å². The van der Waals surface area contributed by atoms with Crippen molar-refractivity contribution in [3.8, 4) is 11.8 Å². The summed E-state index contributed by atoms with van der Waals surface area (Å²) in [4.78, 5) is 38.6. The molecule has 11 heteroatoms. The number of carbonyl (C=O) groups is 2. The molecule has 6 rings (SSSR count). The van der Waals surface area contributed by atoms with Crippen molar-refractivity contribution >= 4 is 29.0 Å². The lowest BCUT2D eigenvalue weighted by Gasteiger charge is -2.29. The molecular formula is C31H30FN5O5. The Hall–Kier alpha value is -4.48. The summed E-state index contributed by atoms with van der Waals surface area (Å²) in [5.41, 5.74) is 4.03. The van der Waals surface area contributed by atoms with E-state index in [0.29, 0.717) is 48.8 Å². The van der Waals surface area contributed by atoms with Crippen molar-refractivity contribution in [2.24, 2.45) is 0 Å². The summed E-state index contributed by atoms with van der Waals surface area (Å²) < 4.78 is 32.9. The third-order valence-corrected chi connectivity index (χ3v) is 7.54. The van der Waals surface area contributed by atoms with Gasteiger partial charge in [-0.15, -0.1) is 0 Å². The molecule has 0 amide bonds. The predicted octanol–water partition coefficient (Wildman–Crippen LogP) is 4.36. The number of benzene rings is 1. The minimum atomic E-state index is -0.479. The molecule has 0 radical (unpaired) electrons. The van der Waals surface area contributed by atoms with Gasteiger partial charge in [0.05, 0.1) is 24.9 Å². The molecule has 1 saturated heterocycles. The second-order valence-corrected chi connectivity index (χ2v) is 10.4. The van der Waals surface area contributed by atoms with Crippen molar-refractivity contribution in [3.05, 3.63) is 83.1 Å². The Labute approximate surface area is 241 Å². The molecule has 3 aromatic heterocycles. The van der Waals surface area contributed by atoms with E-state index in [1.165, 1.54) is 13.0 Å². The van der Waals surface area contributed by atoms with Crippen LogP contribution in [0.1, 0.15) is 47.2 Å². The summed E-state index contributed by atoms with van der Waals surface area (Å²) in [5.74, 6) is 0.857. The zero-order chi connectivity index (χ0) is 29.1. The van der Waals surface area contributed by atoms with E-state index < -0.39 is 5.82 Å². The number of rotatable bonds is 11. The summed E-state index contributed by atoms with van der Waals surface area (Å²) in [6, 6.07) is 13.4. The Morgan fingerprint density at radius 2 is 2.02 bits per heavy atom. The molecule has 10 nitrogen and oxygen atoms in total. The van der Waals surface area contributed by atoms with E-state index >= 15 is 0 Å². The molecule has 0 saturated carbocycles. The van der Waals surface area contributed by atoms with E-state index in [1.807, 2.05) is 18.2 Å². The van der Waals surface area contributed by atoms with Crippen LogP contribution >= 0.6 is 0 Å². The van der Waals surface area contributed by atoms with Gasteiger partial charge in [-0.05, 0) is 43.5 Å². The van der Waals surface area contributed by atoms with Crippen molar-refractivity contribution in [2.75, 3.05) is 19.7 Å². The number of ether oxygens (including phenoxy) is 3. The van der Waals surface area contributed by atoms with Gasteiger partial charge in [0.25, 0.3) is 6.47 Å². The van der Waals surface area contributed by atoms with Crippen molar-refractivity contribution in [1.29, 1.82) is 0 Å². The summed E-state index contributed by atoms with van der Waals surface area (Å²) in [6.45, 7) is 5.33. The number of halogens is 1. The third kappa shape index (κ3) is 6.07. The first-order valence-corrected chi connectivity index (χ1v) is 13.9. The molecule has 1 fully saturated rings. The Kier molecular flexibility index (Phi) is 8.02. The first kappa shape index (κ1) is 27.7. The fraction of sp³-hybridized carbons (Fsp3) is 0.323. The monoisotopic (exact) mass is 571 g/mol.